The molecule has 0 unspecified atom stereocenters. The third kappa shape index (κ3) is 36.0. The molecule has 0 aromatic rings. The van der Waals surface area contributed by atoms with Crippen molar-refractivity contribution in [2.45, 2.75) is 0 Å². The Morgan fingerprint density at radius 1 is 0.333 bits per heavy atom. The summed E-state index contributed by atoms with van der Waals surface area (Å²) in [5, 5.41) is 0. The molecular weight excluding hydrogens is 639 g/mol. The van der Waals surface area contributed by atoms with Crippen LogP contribution in [0.2, 0.25) is 0 Å². The molecule has 0 amide bonds. The summed E-state index contributed by atoms with van der Waals surface area (Å²) < 4.78 is 0. The summed E-state index contributed by atoms with van der Waals surface area (Å²) in [6, 6.07) is 0. The Morgan fingerprint density at radius 3 is 0.333 bits per heavy atom. The average molecular weight is 642 g/mol. The van der Waals surface area contributed by atoms with Crippen LogP contribution >= 0.6 is 0 Å². The van der Waals surface area contributed by atoms with E-state index in [1.807, 2.05) is 0 Å². The molecule has 0 radical (unpaired) electrons. The van der Waals surface area contributed by atoms with E-state index < -0.39 is 0 Å². The summed E-state index contributed by atoms with van der Waals surface area (Å²) >= 11 is 0. The Kier molecular flexibility index (Phi) is 924. The first-order valence-corrected chi connectivity index (χ1v) is 0. The molecule has 0 rings (SSSR count). The Hall–Kier alpha value is 2.10. The first-order chi connectivity index (χ1) is 0. The van der Waals surface area contributed by atoms with Gasteiger partial charge in [-0.15, -0.1) is 0 Å². The molecule has 0 saturated heterocycles. The van der Waals surface area contributed by atoms with Gasteiger partial charge in [-0.25, -0.2) is 0 Å². The van der Waals surface area contributed by atoms with Crippen LogP contribution in [0.3, 0.4) is 0 Å². The van der Waals surface area contributed by atoms with Crippen LogP contribution in [0.5, 0.6) is 0 Å². The van der Waals surface area contributed by atoms with Crippen LogP contribution in [-0.2, 0) is 67.1 Å². The van der Waals surface area contributed by atoms with Gasteiger partial charge >= 0.3 is 67.1 Å². The second-order valence-corrected chi connectivity index (χ2v) is 0. The van der Waals surface area contributed by atoms with Crippen molar-refractivity contribution < 1.29 is 83.6 Å². The maximum Gasteiger partial charge on any atom is 1.00 e. The molecule has 6 heavy (non-hydrogen) atoms. The third-order valence-electron chi connectivity index (χ3n) is 0. The van der Waals surface area contributed by atoms with Gasteiger partial charge in [0.1, 0.15) is 0 Å². The second kappa shape index (κ2) is 59.9. The zero-order valence-corrected chi connectivity index (χ0v) is 8.75. The Bertz CT molecular complexity index is 6.00. The van der Waals surface area contributed by atoms with E-state index in [4.69, 9.17) is 0 Å². The van der Waals surface area contributed by atoms with Gasteiger partial charge in [-0.2, -0.15) is 0 Å². The summed E-state index contributed by atoms with van der Waals surface area (Å²) in [6.07, 6.45) is 0. The van der Waals surface area contributed by atoms with Crippen LogP contribution in [0, 0.1) is 0 Å². The largest absolute Gasteiger partial charge is 1.00 e. The summed E-state index contributed by atoms with van der Waals surface area (Å²) in [5.41, 5.74) is 0. The molecule has 0 fully saturated rings. The number of hydrogen-bond donors (Lipinski definition) is 0. The Balaban J connectivity index is 0. The van der Waals surface area contributed by atoms with E-state index in [2.05, 4.69) is 0 Å². The van der Waals surface area contributed by atoms with Gasteiger partial charge in [-0.1, -0.05) is 0 Å². The van der Waals surface area contributed by atoms with Crippen LogP contribution in [0.25, 0.3) is 0 Å². The summed E-state index contributed by atoms with van der Waals surface area (Å²) in [5.74, 6) is 0. The molecular formula is H3Au3O3. The molecule has 0 aromatic heterocycles. The molecule has 0 atom stereocenters. The van der Waals surface area contributed by atoms with Crippen molar-refractivity contribution in [3.63, 3.8) is 0 Å². The zero-order chi connectivity index (χ0) is 0. The minimum Gasteiger partial charge on any atom is -0.870 e. The minimum absolute atomic E-state index is 0. The number of rotatable bonds is 0. The molecule has 0 spiro atoms. The molecule has 6 heteroatoms. The van der Waals surface area contributed by atoms with Gasteiger partial charge in [-0.05, 0) is 0 Å². The molecule has 0 saturated carbocycles. The van der Waals surface area contributed by atoms with Gasteiger partial charge in [0.2, 0.25) is 0 Å². The summed E-state index contributed by atoms with van der Waals surface area (Å²) in [4.78, 5) is 0. The van der Waals surface area contributed by atoms with Crippen LogP contribution < -0.4 is 0 Å². The normalized spacial score (nSPS) is 0. The van der Waals surface area contributed by atoms with E-state index in [1.165, 1.54) is 0 Å². The fourth-order valence-electron chi connectivity index (χ4n) is 0. The van der Waals surface area contributed by atoms with E-state index in [9.17, 15) is 0 Å². The van der Waals surface area contributed by atoms with Crippen molar-refractivity contribution in [2.24, 2.45) is 0 Å². The van der Waals surface area contributed by atoms with Gasteiger partial charge in [0.25, 0.3) is 0 Å². The maximum atomic E-state index is 0. The Labute approximate surface area is 82.7 Å². The molecule has 0 bridgehead atoms. The monoisotopic (exact) mass is 642 g/mol. The molecule has 3 nitrogen and oxygen atoms in total. The van der Waals surface area contributed by atoms with E-state index in [0.29, 0.717) is 0 Å². The van der Waals surface area contributed by atoms with Crippen molar-refractivity contribution in [3.05, 3.63) is 0 Å². The second-order valence-electron chi connectivity index (χ2n) is 0. The van der Waals surface area contributed by atoms with Crippen LogP contribution in [0.1, 0.15) is 0 Å². The third-order valence-corrected chi connectivity index (χ3v) is 0. The molecule has 0 aliphatic carbocycles. The van der Waals surface area contributed by atoms with Crippen molar-refractivity contribution in [1.82, 2.24) is 0 Å². The van der Waals surface area contributed by atoms with Gasteiger partial charge in [-0.3, -0.25) is 0 Å². The van der Waals surface area contributed by atoms with Crippen molar-refractivity contribution >= 4 is 0 Å². The first-order valence-electron chi connectivity index (χ1n) is 0. The first kappa shape index (κ1) is 92.6. The summed E-state index contributed by atoms with van der Waals surface area (Å²) in [6.45, 7) is 0. The van der Waals surface area contributed by atoms with Crippen molar-refractivity contribution in [2.75, 3.05) is 0 Å². The SMILES string of the molecule is [Au+].[Au+].[Au+].[OH-].[OH-].[OH-]. The molecule has 54 valence electrons. The van der Waals surface area contributed by atoms with E-state index in [1.54, 1.807) is 0 Å². The van der Waals surface area contributed by atoms with Gasteiger partial charge < -0.3 is 16.4 Å². The predicted octanol–water partition coefficient (Wildman–Crippen LogP) is -0.538. The van der Waals surface area contributed by atoms with Gasteiger partial charge in [0, 0.05) is 0 Å². The van der Waals surface area contributed by atoms with E-state index >= 15 is 0 Å². The zero-order valence-electron chi connectivity index (χ0n) is 2.25. The smallest absolute Gasteiger partial charge is 0.870 e. The predicted molar refractivity (Wildman–Crippen MR) is 5.81 cm³/mol. The van der Waals surface area contributed by atoms with E-state index in [0.717, 1.165) is 0 Å². The van der Waals surface area contributed by atoms with Crippen molar-refractivity contribution in [1.29, 1.82) is 0 Å². The van der Waals surface area contributed by atoms with Gasteiger partial charge in [0.15, 0.2) is 0 Å². The minimum atomic E-state index is 0. The number of hydrogen-bond acceptors (Lipinski definition) is 3. The van der Waals surface area contributed by atoms with Crippen LogP contribution in [-0.4, -0.2) is 16.4 Å². The average Bonchev–Trinajstić information content (AvgIpc) is 0. The van der Waals surface area contributed by atoms with Crippen molar-refractivity contribution in [3.8, 4) is 0 Å². The molecule has 3 N–H and O–H groups in total. The van der Waals surface area contributed by atoms with E-state index in [-0.39, 0.29) is 83.6 Å². The molecule has 0 aliphatic rings. The molecule has 0 aromatic carbocycles. The standard InChI is InChI=1S/3Au.3H2O/h;;;3*1H2/q3*+1;;;/p-3. The molecule has 0 heterocycles. The fourth-order valence-corrected chi connectivity index (χ4v) is 0. The summed E-state index contributed by atoms with van der Waals surface area (Å²) in [7, 11) is 0. The van der Waals surface area contributed by atoms with Crippen LogP contribution in [0.15, 0.2) is 0 Å². The fraction of sp³-hybridized carbons (Fsp3) is 0. The van der Waals surface area contributed by atoms with Gasteiger partial charge in [0.05, 0.1) is 0 Å². The quantitative estimate of drug-likeness (QED) is 0.333. The van der Waals surface area contributed by atoms with Crippen LogP contribution in [0.4, 0.5) is 0 Å². The topological polar surface area (TPSA) is 90.0 Å². The maximum absolute atomic E-state index is 0. The molecule has 0 aliphatic heterocycles. The Morgan fingerprint density at radius 2 is 0.333 bits per heavy atom.